The van der Waals surface area contributed by atoms with Gasteiger partial charge in [0.25, 0.3) is 6.43 Å². The second-order valence-electron chi connectivity index (χ2n) is 2.62. The highest BCUT2D eigenvalue weighted by Crippen LogP contribution is 2.26. The first kappa shape index (κ1) is 11.3. The summed E-state index contributed by atoms with van der Waals surface area (Å²) in [6, 6.07) is 0. The maximum Gasteiger partial charge on any atom is 0.338 e. The van der Waals surface area contributed by atoms with Crippen LogP contribution in [0.4, 0.5) is 8.78 Å². The number of carboxylic acid groups (broad SMARTS) is 1. The van der Waals surface area contributed by atoms with Gasteiger partial charge in [-0.3, -0.25) is 4.98 Å². The number of aromatic carboxylic acids is 1. The normalized spacial score (nSPS) is 10.6. The van der Waals surface area contributed by atoms with Gasteiger partial charge in [0, 0.05) is 9.77 Å². The molecule has 0 aliphatic heterocycles. The summed E-state index contributed by atoms with van der Waals surface area (Å²) >= 11 is 1.72. The van der Waals surface area contributed by atoms with Crippen LogP contribution in [-0.2, 0) is 0 Å². The van der Waals surface area contributed by atoms with Gasteiger partial charge in [-0.25, -0.2) is 13.6 Å². The van der Waals surface area contributed by atoms with Crippen LogP contribution in [0.15, 0.2) is 6.20 Å². The Labute approximate surface area is 92.3 Å². The number of carbonyl (C=O) groups is 1. The topological polar surface area (TPSA) is 50.2 Å². The fourth-order valence-electron chi connectivity index (χ4n) is 0.966. The van der Waals surface area contributed by atoms with Gasteiger partial charge >= 0.3 is 5.97 Å². The van der Waals surface area contributed by atoms with Crippen LogP contribution in [0.3, 0.4) is 0 Å². The summed E-state index contributed by atoms with van der Waals surface area (Å²) in [5, 5.41) is 8.74. The van der Waals surface area contributed by atoms with Crippen LogP contribution in [0.5, 0.6) is 0 Å². The lowest BCUT2D eigenvalue weighted by Gasteiger charge is -2.07. The van der Waals surface area contributed by atoms with Crippen molar-refractivity contribution in [3.05, 3.63) is 26.6 Å². The molecule has 1 rings (SSSR count). The molecule has 14 heavy (non-hydrogen) atoms. The zero-order chi connectivity index (χ0) is 10.9. The Morgan fingerprint density at radius 3 is 2.64 bits per heavy atom. The average Bonchev–Trinajstić information content (AvgIpc) is 2.08. The molecule has 6 heteroatoms. The minimum atomic E-state index is -2.87. The number of halogens is 3. The minimum Gasteiger partial charge on any atom is -0.478 e. The third-order valence-corrected chi connectivity index (χ3v) is 3.03. The standard InChI is InChI=1S/C8H6F2INO2/c1-3-2-12-6(7(9)10)4(5(3)11)8(13)14/h2,7H,1H3,(H,13,14). The lowest BCUT2D eigenvalue weighted by Crippen LogP contribution is -2.09. The summed E-state index contributed by atoms with van der Waals surface area (Å²) in [5.74, 6) is -1.37. The fourth-order valence-corrected chi connectivity index (χ4v) is 1.61. The van der Waals surface area contributed by atoms with Crippen LogP contribution in [0.1, 0.15) is 28.0 Å². The van der Waals surface area contributed by atoms with E-state index in [1.54, 1.807) is 29.5 Å². The van der Waals surface area contributed by atoms with E-state index in [0.717, 1.165) is 0 Å². The van der Waals surface area contributed by atoms with Gasteiger partial charge in [-0.1, -0.05) is 0 Å². The summed E-state index contributed by atoms with van der Waals surface area (Å²) in [6.45, 7) is 1.62. The summed E-state index contributed by atoms with van der Waals surface area (Å²) in [5.41, 5.74) is -0.500. The van der Waals surface area contributed by atoms with E-state index in [1.165, 1.54) is 6.20 Å². The van der Waals surface area contributed by atoms with E-state index in [0.29, 0.717) is 9.13 Å². The molecule has 0 fully saturated rings. The SMILES string of the molecule is Cc1cnc(C(F)F)c(C(=O)O)c1I. The number of pyridine rings is 1. The molecule has 0 unspecified atom stereocenters. The highest BCUT2D eigenvalue weighted by atomic mass is 127. The Kier molecular flexibility index (Phi) is 3.35. The second-order valence-corrected chi connectivity index (χ2v) is 3.70. The molecule has 0 atom stereocenters. The average molecular weight is 313 g/mol. The van der Waals surface area contributed by atoms with Crippen LogP contribution in [0, 0.1) is 10.5 Å². The maximum atomic E-state index is 12.4. The van der Waals surface area contributed by atoms with Crippen LogP contribution >= 0.6 is 22.6 Å². The number of aromatic nitrogens is 1. The van der Waals surface area contributed by atoms with Gasteiger partial charge in [0.05, 0.1) is 0 Å². The number of nitrogens with zero attached hydrogens (tertiary/aromatic N) is 1. The van der Waals surface area contributed by atoms with Crippen molar-refractivity contribution in [3.8, 4) is 0 Å². The van der Waals surface area contributed by atoms with Gasteiger partial charge in [-0.05, 0) is 35.1 Å². The minimum absolute atomic E-state index is 0.306. The van der Waals surface area contributed by atoms with E-state index in [-0.39, 0.29) is 0 Å². The quantitative estimate of drug-likeness (QED) is 0.854. The predicted octanol–water partition coefficient (Wildman–Crippen LogP) is 2.63. The van der Waals surface area contributed by atoms with Crippen LogP contribution in [0.25, 0.3) is 0 Å². The van der Waals surface area contributed by atoms with E-state index in [4.69, 9.17) is 5.11 Å². The van der Waals surface area contributed by atoms with E-state index in [9.17, 15) is 13.6 Å². The number of rotatable bonds is 2. The highest BCUT2D eigenvalue weighted by Gasteiger charge is 2.23. The molecular formula is C8H6F2INO2. The fraction of sp³-hybridized carbons (Fsp3) is 0.250. The number of aryl methyl sites for hydroxylation is 1. The van der Waals surface area contributed by atoms with Gasteiger partial charge in [-0.2, -0.15) is 0 Å². The van der Waals surface area contributed by atoms with Crippen molar-refractivity contribution in [2.24, 2.45) is 0 Å². The van der Waals surface area contributed by atoms with Crippen molar-refractivity contribution in [2.45, 2.75) is 13.3 Å². The van der Waals surface area contributed by atoms with E-state index < -0.39 is 23.7 Å². The Hall–Kier alpha value is -0.790. The molecule has 3 nitrogen and oxygen atoms in total. The molecule has 1 aromatic rings. The van der Waals surface area contributed by atoms with Crippen molar-refractivity contribution in [2.75, 3.05) is 0 Å². The monoisotopic (exact) mass is 313 g/mol. The molecule has 0 saturated heterocycles. The summed E-state index contributed by atoms with van der Waals surface area (Å²) < 4.78 is 25.0. The molecule has 1 aromatic heterocycles. The van der Waals surface area contributed by atoms with Crippen molar-refractivity contribution < 1.29 is 18.7 Å². The molecule has 0 aliphatic carbocycles. The molecule has 76 valence electrons. The first-order valence-electron chi connectivity index (χ1n) is 3.61. The molecular weight excluding hydrogens is 307 g/mol. The summed E-state index contributed by atoms with van der Waals surface area (Å²) in [7, 11) is 0. The summed E-state index contributed by atoms with van der Waals surface area (Å²) in [4.78, 5) is 14.1. The lowest BCUT2D eigenvalue weighted by molar-refractivity contribution is 0.0680. The number of hydrogen-bond donors (Lipinski definition) is 1. The van der Waals surface area contributed by atoms with Crippen LogP contribution < -0.4 is 0 Å². The first-order valence-corrected chi connectivity index (χ1v) is 4.69. The second kappa shape index (κ2) is 4.16. The molecule has 0 saturated carbocycles. The Balaban J connectivity index is 3.45. The van der Waals surface area contributed by atoms with Gasteiger partial charge in [0.15, 0.2) is 0 Å². The summed E-state index contributed by atoms with van der Waals surface area (Å²) in [6.07, 6.45) is -1.62. The number of hydrogen-bond acceptors (Lipinski definition) is 2. The van der Waals surface area contributed by atoms with Crippen molar-refractivity contribution in [1.29, 1.82) is 0 Å². The molecule has 0 spiro atoms. The molecule has 0 aromatic carbocycles. The van der Waals surface area contributed by atoms with E-state index in [2.05, 4.69) is 4.98 Å². The number of alkyl halides is 2. The highest BCUT2D eigenvalue weighted by molar-refractivity contribution is 14.1. The smallest absolute Gasteiger partial charge is 0.338 e. The molecule has 0 amide bonds. The van der Waals surface area contributed by atoms with E-state index in [1.807, 2.05) is 0 Å². The molecule has 1 N–H and O–H groups in total. The zero-order valence-electron chi connectivity index (χ0n) is 7.09. The predicted molar refractivity (Wildman–Crippen MR) is 53.6 cm³/mol. The van der Waals surface area contributed by atoms with Crippen molar-refractivity contribution in [1.82, 2.24) is 4.98 Å². The third kappa shape index (κ3) is 1.99. The molecule has 0 radical (unpaired) electrons. The Morgan fingerprint density at radius 1 is 1.64 bits per heavy atom. The van der Waals surface area contributed by atoms with Gasteiger partial charge < -0.3 is 5.11 Å². The Bertz CT molecular complexity index is 382. The largest absolute Gasteiger partial charge is 0.478 e. The zero-order valence-corrected chi connectivity index (χ0v) is 9.25. The van der Waals surface area contributed by atoms with E-state index >= 15 is 0 Å². The lowest BCUT2D eigenvalue weighted by atomic mass is 10.1. The van der Waals surface area contributed by atoms with Crippen LogP contribution in [0.2, 0.25) is 0 Å². The van der Waals surface area contributed by atoms with Crippen molar-refractivity contribution in [3.63, 3.8) is 0 Å². The number of carboxylic acids is 1. The molecule has 0 bridgehead atoms. The maximum absolute atomic E-state index is 12.4. The molecule has 0 aliphatic rings. The van der Waals surface area contributed by atoms with Gasteiger partial charge in [0.1, 0.15) is 11.3 Å². The third-order valence-electron chi connectivity index (χ3n) is 1.64. The first-order chi connectivity index (χ1) is 6.45. The molecule has 1 heterocycles. The van der Waals surface area contributed by atoms with Crippen LogP contribution in [-0.4, -0.2) is 16.1 Å². The van der Waals surface area contributed by atoms with Gasteiger partial charge in [-0.15, -0.1) is 0 Å². The van der Waals surface area contributed by atoms with Crippen molar-refractivity contribution >= 4 is 28.6 Å². The Morgan fingerprint density at radius 2 is 2.21 bits per heavy atom. The van der Waals surface area contributed by atoms with Gasteiger partial charge in [0.2, 0.25) is 0 Å².